The third-order valence-electron chi connectivity index (χ3n) is 5.02. The van der Waals surface area contributed by atoms with Gasteiger partial charge >= 0.3 is 0 Å². The summed E-state index contributed by atoms with van der Waals surface area (Å²) in [5, 5.41) is 2.81. The van der Waals surface area contributed by atoms with E-state index in [4.69, 9.17) is 9.73 Å². The van der Waals surface area contributed by atoms with Crippen LogP contribution in [0, 0.1) is 0 Å². The number of ether oxygens (including phenoxy) is 1. The molecule has 1 heterocycles. The lowest BCUT2D eigenvalue weighted by Crippen LogP contribution is -2.48. The highest BCUT2D eigenvalue weighted by Gasteiger charge is 2.52. The van der Waals surface area contributed by atoms with Gasteiger partial charge in [-0.1, -0.05) is 78.9 Å². The smallest absolute Gasteiger partial charge is 0.252 e. The third-order valence-corrected chi connectivity index (χ3v) is 5.02. The van der Waals surface area contributed by atoms with Gasteiger partial charge in [-0.3, -0.25) is 4.79 Å². The molecule has 0 saturated heterocycles. The molecule has 0 radical (unpaired) electrons. The topological polar surface area (TPSA) is 50.7 Å². The fourth-order valence-electron chi connectivity index (χ4n) is 3.67. The van der Waals surface area contributed by atoms with Crippen LogP contribution in [-0.4, -0.2) is 24.4 Å². The van der Waals surface area contributed by atoms with Crippen molar-refractivity contribution in [1.82, 2.24) is 5.32 Å². The van der Waals surface area contributed by atoms with Crippen molar-refractivity contribution in [3.63, 3.8) is 0 Å². The van der Waals surface area contributed by atoms with Crippen LogP contribution in [0.25, 0.3) is 0 Å². The Morgan fingerprint density at radius 1 is 0.929 bits per heavy atom. The van der Waals surface area contributed by atoms with E-state index in [0.29, 0.717) is 12.3 Å². The van der Waals surface area contributed by atoms with Gasteiger partial charge in [0.1, 0.15) is 0 Å². The van der Waals surface area contributed by atoms with E-state index in [1.807, 2.05) is 91.0 Å². The summed E-state index contributed by atoms with van der Waals surface area (Å²) in [7, 11) is 1.65. The van der Waals surface area contributed by atoms with E-state index in [-0.39, 0.29) is 5.91 Å². The normalized spacial score (nSPS) is 20.9. The van der Waals surface area contributed by atoms with Gasteiger partial charge in [-0.15, -0.1) is 0 Å². The van der Waals surface area contributed by atoms with Crippen LogP contribution in [-0.2, 0) is 16.0 Å². The second kappa shape index (κ2) is 7.69. The molecule has 3 aromatic carbocycles. The number of nitrogens with zero attached hydrogens (tertiary/aromatic N) is 1. The summed E-state index contributed by atoms with van der Waals surface area (Å²) in [4.78, 5) is 18.1. The summed E-state index contributed by atoms with van der Waals surface area (Å²) < 4.78 is 6.33. The first-order valence-corrected chi connectivity index (χ1v) is 9.36. The van der Waals surface area contributed by atoms with E-state index in [1.54, 1.807) is 7.05 Å². The lowest BCUT2D eigenvalue weighted by Gasteiger charge is -2.30. The zero-order valence-electron chi connectivity index (χ0n) is 15.7. The second-order valence-electron chi connectivity index (χ2n) is 6.86. The molecule has 4 heteroatoms. The van der Waals surface area contributed by atoms with Gasteiger partial charge in [-0.05, 0) is 23.3 Å². The second-order valence-corrected chi connectivity index (χ2v) is 6.86. The molecule has 0 aromatic heterocycles. The van der Waals surface area contributed by atoms with Crippen LogP contribution in [0.1, 0.15) is 22.8 Å². The lowest BCUT2D eigenvalue weighted by molar-refractivity contribution is -0.128. The molecule has 0 bridgehead atoms. The number of carbonyl (C=O) groups excluding carboxylic acids is 1. The van der Waals surface area contributed by atoms with E-state index < -0.39 is 11.6 Å². The number of rotatable bonds is 5. The Hall–Kier alpha value is -3.40. The van der Waals surface area contributed by atoms with Gasteiger partial charge in [0.05, 0.1) is 0 Å². The number of benzene rings is 3. The van der Waals surface area contributed by atoms with Crippen molar-refractivity contribution in [3.8, 4) is 0 Å². The molecule has 1 N–H and O–H groups in total. The van der Waals surface area contributed by atoms with Crippen molar-refractivity contribution in [1.29, 1.82) is 0 Å². The minimum Gasteiger partial charge on any atom is -0.466 e. The monoisotopic (exact) mass is 370 g/mol. The summed E-state index contributed by atoms with van der Waals surface area (Å²) in [6.07, 6.45) is -0.0623. The Bertz CT molecular complexity index is 971. The van der Waals surface area contributed by atoms with Crippen LogP contribution in [0.2, 0.25) is 0 Å². The van der Waals surface area contributed by atoms with Crippen molar-refractivity contribution in [2.24, 2.45) is 4.99 Å². The van der Waals surface area contributed by atoms with Crippen LogP contribution >= 0.6 is 0 Å². The first-order chi connectivity index (χ1) is 13.7. The number of hydrogen-bond acceptors (Lipinski definition) is 3. The van der Waals surface area contributed by atoms with Crippen molar-refractivity contribution in [2.75, 3.05) is 7.05 Å². The molecule has 2 atom stereocenters. The van der Waals surface area contributed by atoms with Crippen LogP contribution in [0.5, 0.6) is 0 Å². The Morgan fingerprint density at radius 2 is 1.50 bits per heavy atom. The Morgan fingerprint density at radius 3 is 2.11 bits per heavy atom. The van der Waals surface area contributed by atoms with Crippen molar-refractivity contribution in [3.05, 3.63) is 108 Å². The molecule has 1 amide bonds. The van der Waals surface area contributed by atoms with Crippen molar-refractivity contribution in [2.45, 2.75) is 18.1 Å². The first kappa shape index (κ1) is 18.0. The molecule has 4 rings (SSSR count). The van der Waals surface area contributed by atoms with E-state index in [2.05, 4.69) is 5.32 Å². The largest absolute Gasteiger partial charge is 0.466 e. The van der Waals surface area contributed by atoms with Crippen LogP contribution in [0.4, 0.5) is 0 Å². The van der Waals surface area contributed by atoms with Crippen LogP contribution in [0.3, 0.4) is 0 Å². The van der Waals surface area contributed by atoms with Gasteiger partial charge in [0.2, 0.25) is 5.90 Å². The number of hydrogen-bond donors (Lipinski definition) is 1. The highest BCUT2D eigenvalue weighted by molar-refractivity contribution is 6.01. The number of nitrogens with one attached hydrogen (secondary N) is 1. The van der Waals surface area contributed by atoms with E-state index in [1.165, 1.54) is 0 Å². The molecule has 1 aliphatic rings. The van der Waals surface area contributed by atoms with Gasteiger partial charge in [-0.2, -0.15) is 0 Å². The molecular weight excluding hydrogens is 348 g/mol. The zero-order chi connectivity index (χ0) is 19.4. The maximum absolute atomic E-state index is 13.2. The molecule has 4 nitrogen and oxygen atoms in total. The summed E-state index contributed by atoms with van der Waals surface area (Å²) >= 11 is 0. The standard InChI is InChI=1S/C24H22N2O2/c1-25-23(27)24(17-18-11-5-2-6-12-18)21(19-13-7-3-8-14-19)28-22(26-24)20-15-9-4-10-16-20/h2-16,21H,17H2,1H3,(H,25,27)/t21-,24-/m0/s1. The molecule has 0 saturated carbocycles. The quantitative estimate of drug-likeness (QED) is 0.740. The first-order valence-electron chi connectivity index (χ1n) is 9.36. The van der Waals surface area contributed by atoms with E-state index in [0.717, 1.165) is 16.7 Å². The summed E-state index contributed by atoms with van der Waals surface area (Å²) in [5.41, 5.74) is 1.75. The van der Waals surface area contributed by atoms with Crippen LogP contribution in [0.15, 0.2) is 96.0 Å². The molecule has 3 aromatic rings. The van der Waals surface area contributed by atoms with Gasteiger partial charge in [-0.25, -0.2) is 4.99 Å². The fourth-order valence-corrected chi connectivity index (χ4v) is 3.67. The lowest BCUT2D eigenvalue weighted by atomic mass is 9.82. The fraction of sp³-hybridized carbons (Fsp3) is 0.167. The molecule has 0 fully saturated rings. The number of carbonyl (C=O) groups is 1. The van der Waals surface area contributed by atoms with Gasteiger partial charge < -0.3 is 10.1 Å². The minimum absolute atomic E-state index is 0.156. The molecule has 1 aliphatic heterocycles. The maximum atomic E-state index is 13.2. The third kappa shape index (κ3) is 3.29. The maximum Gasteiger partial charge on any atom is 0.252 e. The van der Waals surface area contributed by atoms with E-state index >= 15 is 0 Å². The number of amides is 1. The van der Waals surface area contributed by atoms with Gasteiger partial charge in [0.15, 0.2) is 11.6 Å². The zero-order valence-corrected chi connectivity index (χ0v) is 15.7. The summed E-state index contributed by atoms with van der Waals surface area (Å²) in [6.45, 7) is 0. The Labute approximate surface area is 164 Å². The Balaban J connectivity index is 1.85. The summed E-state index contributed by atoms with van der Waals surface area (Å²) in [5.74, 6) is 0.338. The molecule has 0 aliphatic carbocycles. The highest BCUT2D eigenvalue weighted by atomic mass is 16.5. The van der Waals surface area contributed by atoms with Gasteiger partial charge in [0.25, 0.3) is 5.91 Å². The molecule has 28 heavy (non-hydrogen) atoms. The van der Waals surface area contributed by atoms with Gasteiger partial charge in [0, 0.05) is 19.0 Å². The average Bonchev–Trinajstić information content (AvgIpc) is 3.15. The Kier molecular flexibility index (Phi) is 4.94. The molecule has 0 unspecified atom stereocenters. The van der Waals surface area contributed by atoms with Crippen molar-refractivity contribution < 1.29 is 9.53 Å². The predicted molar refractivity (Wildman–Crippen MR) is 110 cm³/mol. The number of aliphatic imine (C=N–C) groups is 1. The predicted octanol–water partition coefficient (Wildman–Crippen LogP) is 3.93. The molecular formula is C24H22N2O2. The molecule has 140 valence electrons. The number of likely N-dealkylation sites (N-methyl/N-ethyl adjacent to an activating group) is 1. The van der Waals surface area contributed by atoms with Crippen LogP contribution < -0.4 is 5.32 Å². The molecule has 0 spiro atoms. The van der Waals surface area contributed by atoms with E-state index in [9.17, 15) is 4.79 Å². The summed E-state index contributed by atoms with van der Waals surface area (Å²) in [6, 6.07) is 29.5. The highest BCUT2D eigenvalue weighted by Crippen LogP contribution is 2.42. The average molecular weight is 370 g/mol. The van der Waals surface area contributed by atoms with Crippen molar-refractivity contribution >= 4 is 11.8 Å². The minimum atomic E-state index is -1.08. The SMILES string of the molecule is CNC(=O)[C@@]1(Cc2ccccc2)N=C(c2ccccc2)O[C@H]1c1ccccc1.